The van der Waals surface area contributed by atoms with E-state index in [-0.39, 0.29) is 0 Å². The van der Waals surface area contributed by atoms with Crippen molar-refractivity contribution in [3.05, 3.63) is 23.8 Å². The molecule has 0 heteroatoms. The van der Waals surface area contributed by atoms with E-state index in [2.05, 4.69) is 34.3 Å². The van der Waals surface area contributed by atoms with Crippen LogP contribution in [0.5, 0.6) is 0 Å². The summed E-state index contributed by atoms with van der Waals surface area (Å²) in [6.07, 6.45) is 2.99. The Hall–Kier alpha value is -0.520. The minimum Gasteiger partial charge on any atom is -0.103 e. The first-order valence-corrected chi connectivity index (χ1v) is 3.86. The highest BCUT2D eigenvalue weighted by Gasteiger charge is 1.98. The third-order valence-electron chi connectivity index (χ3n) is 1.99. The second-order valence-electron chi connectivity index (χ2n) is 3.11. The molecule has 0 aliphatic heterocycles. The Balaban J connectivity index is 4.18. The van der Waals surface area contributed by atoms with Gasteiger partial charge in [-0.2, -0.15) is 0 Å². The van der Waals surface area contributed by atoms with E-state index >= 15 is 0 Å². The molecule has 0 aromatic heterocycles. The Labute approximate surface area is 64.6 Å². The minimum absolute atomic E-state index is 0.681. The van der Waals surface area contributed by atoms with Crippen LogP contribution in [0.3, 0.4) is 0 Å². The lowest BCUT2D eigenvalue weighted by atomic mass is 9.98. The number of hydrogen-bond acceptors (Lipinski definition) is 0. The SMILES string of the molecule is C=CCC(C)=C(C)C(C)C. The van der Waals surface area contributed by atoms with Gasteiger partial charge in [-0.15, -0.1) is 6.58 Å². The number of hydrogen-bond donors (Lipinski definition) is 0. The second-order valence-corrected chi connectivity index (χ2v) is 3.11. The molecule has 0 atom stereocenters. The highest BCUT2D eigenvalue weighted by atomic mass is 14.0. The Morgan fingerprint density at radius 1 is 1.40 bits per heavy atom. The Morgan fingerprint density at radius 3 is 2.20 bits per heavy atom. The summed E-state index contributed by atoms with van der Waals surface area (Å²) in [5, 5.41) is 0. The molecule has 0 amide bonds. The van der Waals surface area contributed by atoms with Crippen LogP contribution >= 0.6 is 0 Å². The summed E-state index contributed by atoms with van der Waals surface area (Å²) in [4.78, 5) is 0. The molecule has 0 radical (unpaired) electrons. The van der Waals surface area contributed by atoms with Gasteiger partial charge in [0.05, 0.1) is 0 Å². The lowest BCUT2D eigenvalue weighted by molar-refractivity contribution is 0.752. The summed E-state index contributed by atoms with van der Waals surface area (Å²) in [5.41, 5.74) is 2.96. The van der Waals surface area contributed by atoms with Gasteiger partial charge in [0, 0.05) is 0 Å². The maximum Gasteiger partial charge on any atom is -0.0142 e. The molecule has 0 fully saturated rings. The smallest absolute Gasteiger partial charge is 0.0142 e. The predicted octanol–water partition coefficient (Wildman–Crippen LogP) is 3.55. The molecule has 0 saturated carbocycles. The van der Waals surface area contributed by atoms with Crippen molar-refractivity contribution >= 4 is 0 Å². The van der Waals surface area contributed by atoms with Crippen molar-refractivity contribution in [2.45, 2.75) is 34.1 Å². The van der Waals surface area contributed by atoms with Crippen LogP contribution in [-0.4, -0.2) is 0 Å². The zero-order chi connectivity index (χ0) is 8.15. The third-order valence-corrected chi connectivity index (χ3v) is 1.99. The largest absolute Gasteiger partial charge is 0.103 e. The van der Waals surface area contributed by atoms with E-state index in [0.717, 1.165) is 6.42 Å². The number of allylic oxidation sites excluding steroid dienone is 3. The molecule has 0 bridgehead atoms. The van der Waals surface area contributed by atoms with E-state index in [0.29, 0.717) is 5.92 Å². The molecule has 0 aromatic rings. The maximum atomic E-state index is 3.71. The third kappa shape index (κ3) is 2.86. The predicted molar refractivity (Wildman–Crippen MR) is 48.0 cm³/mol. The van der Waals surface area contributed by atoms with E-state index in [1.54, 1.807) is 0 Å². The summed E-state index contributed by atoms with van der Waals surface area (Å²) in [6.45, 7) is 12.5. The fourth-order valence-corrected chi connectivity index (χ4v) is 0.870. The summed E-state index contributed by atoms with van der Waals surface area (Å²) in [6, 6.07) is 0. The van der Waals surface area contributed by atoms with Crippen molar-refractivity contribution < 1.29 is 0 Å². The average Bonchev–Trinajstić information content (AvgIpc) is 1.87. The van der Waals surface area contributed by atoms with Gasteiger partial charge in [-0.3, -0.25) is 0 Å². The summed E-state index contributed by atoms with van der Waals surface area (Å²) in [5.74, 6) is 0.681. The Kier molecular flexibility index (Phi) is 4.10. The maximum absolute atomic E-state index is 3.71. The van der Waals surface area contributed by atoms with E-state index in [9.17, 15) is 0 Å². The van der Waals surface area contributed by atoms with Gasteiger partial charge in [-0.1, -0.05) is 31.1 Å². The van der Waals surface area contributed by atoms with Crippen molar-refractivity contribution in [2.75, 3.05) is 0 Å². The molecule has 0 heterocycles. The summed E-state index contributed by atoms with van der Waals surface area (Å²) >= 11 is 0. The van der Waals surface area contributed by atoms with E-state index in [4.69, 9.17) is 0 Å². The topological polar surface area (TPSA) is 0 Å². The molecule has 0 aliphatic carbocycles. The molecule has 0 nitrogen and oxygen atoms in total. The normalized spacial score (nSPS) is 13.3. The van der Waals surface area contributed by atoms with Gasteiger partial charge < -0.3 is 0 Å². The van der Waals surface area contributed by atoms with Crippen LogP contribution in [0.1, 0.15) is 34.1 Å². The van der Waals surface area contributed by atoms with Crippen LogP contribution in [0.25, 0.3) is 0 Å². The van der Waals surface area contributed by atoms with E-state index in [1.165, 1.54) is 11.1 Å². The lowest BCUT2D eigenvalue weighted by Gasteiger charge is -2.08. The van der Waals surface area contributed by atoms with E-state index < -0.39 is 0 Å². The van der Waals surface area contributed by atoms with Gasteiger partial charge in [0.1, 0.15) is 0 Å². The molecule has 0 unspecified atom stereocenters. The first-order chi connectivity index (χ1) is 4.59. The van der Waals surface area contributed by atoms with Gasteiger partial charge in [-0.05, 0) is 26.2 Å². The highest BCUT2D eigenvalue weighted by Crippen LogP contribution is 2.15. The first kappa shape index (κ1) is 9.48. The first-order valence-electron chi connectivity index (χ1n) is 3.86. The van der Waals surface area contributed by atoms with Gasteiger partial charge in [-0.25, -0.2) is 0 Å². The minimum atomic E-state index is 0.681. The fourth-order valence-electron chi connectivity index (χ4n) is 0.870. The van der Waals surface area contributed by atoms with Gasteiger partial charge >= 0.3 is 0 Å². The van der Waals surface area contributed by atoms with Crippen LogP contribution in [-0.2, 0) is 0 Å². The van der Waals surface area contributed by atoms with Crippen LogP contribution in [0.2, 0.25) is 0 Å². The van der Waals surface area contributed by atoms with Crippen molar-refractivity contribution in [1.82, 2.24) is 0 Å². The monoisotopic (exact) mass is 138 g/mol. The molecule has 0 spiro atoms. The van der Waals surface area contributed by atoms with Crippen LogP contribution in [0.4, 0.5) is 0 Å². The van der Waals surface area contributed by atoms with Crippen molar-refractivity contribution in [3.8, 4) is 0 Å². The van der Waals surface area contributed by atoms with Crippen LogP contribution in [0.15, 0.2) is 23.8 Å². The Morgan fingerprint density at radius 2 is 1.90 bits per heavy atom. The molecule has 58 valence electrons. The van der Waals surface area contributed by atoms with Crippen molar-refractivity contribution in [2.24, 2.45) is 5.92 Å². The standard InChI is InChI=1S/C10H18/c1-6-7-9(4)10(5)8(2)3/h6,8H,1,7H2,2-5H3. The summed E-state index contributed by atoms with van der Waals surface area (Å²) < 4.78 is 0. The highest BCUT2D eigenvalue weighted by molar-refractivity contribution is 5.13. The lowest BCUT2D eigenvalue weighted by Crippen LogP contribution is -1.92. The van der Waals surface area contributed by atoms with Crippen molar-refractivity contribution in [1.29, 1.82) is 0 Å². The molecule has 0 aromatic carbocycles. The Bertz CT molecular complexity index is 138. The fraction of sp³-hybridized carbons (Fsp3) is 0.600. The number of rotatable bonds is 3. The zero-order valence-corrected chi connectivity index (χ0v) is 7.57. The average molecular weight is 138 g/mol. The molecular weight excluding hydrogens is 120 g/mol. The van der Waals surface area contributed by atoms with Gasteiger partial charge in [0.15, 0.2) is 0 Å². The van der Waals surface area contributed by atoms with E-state index in [1.807, 2.05) is 6.08 Å². The van der Waals surface area contributed by atoms with Gasteiger partial charge in [0.2, 0.25) is 0 Å². The molecule has 0 N–H and O–H groups in total. The quantitative estimate of drug-likeness (QED) is 0.523. The zero-order valence-electron chi connectivity index (χ0n) is 7.57. The molecule has 10 heavy (non-hydrogen) atoms. The van der Waals surface area contributed by atoms with Gasteiger partial charge in [0.25, 0.3) is 0 Å². The van der Waals surface area contributed by atoms with Crippen molar-refractivity contribution in [3.63, 3.8) is 0 Å². The second kappa shape index (κ2) is 4.32. The summed E-state index contributed by atoms with van der Waals surface area (Å²) in [7, 11) is 0. The molecule has 0 aliphatic rings. The van der Waals surface area contributed by atoms with Crippen LogP contribution < -0.4 is 0 Å². The van der Waals surface area contributed by atoms with Crippen LogP contribution in [0, 0.1) is 5.92 Å². The molecule has 0 saturated heterocycles. The molecule has 0 rings (SSSR count). The molecular formula is C10H18.